The van der Waals surface area contributed by atoms with Crippen LogP contribution in [-0.4, -0.2) is 61.3 Å². The first kappa shape index (κ1) is 17.8. The molecule has 2 rings (SSSR count). The number of aliphatic hydroxyl groups is 1. The summed E-state index contributed by atoms with van der Waals surface area (Å²) in [5.74, 6) is 0.483. The fraction of sp³-hybridized carbons (Fsp3) is 0.625. The van der Waals surface area contributed by atoms with Crippen molar-refractivity contribution in [3.8, 4) is 5.75 Å². The monoisotopic (exact) mass is 346 g/mol. The van der Waals surface area contributed by atoms with Gasteiger partial charge < -0.3 is 14.7 Å². The van der Waals surface area contributed by atoms with Gasteiger partial charge in [0.15, 0.2) is 5.75 Å². The van der Waals surface area contributed by atoms with Gasteiger partial charge in [-0.05, 0) is 30.7 Å². The molecule has 4 nitrogen and oxygen atoms in total. The molecular weight excluding hydrogens is 323 g/mol. The van der Waals surface area contributed by atoms with Gasteiger partial charge in [-0.3, -0.25) is 4.90 Å². The molecule has 0 bridgehead atoms. The Labute approximate surface area is 142 Å². The number of methoxy groups -OCH3 is 1. The molecule has 0 radical (unpaired) electrons. The van der Waals surface area contributed by atoms with Crippen LogP contribution in [0.2, 0.25) is 10.0 Å². The molecule has 1 heterocycles. The van der Waals surface area contributed by atoms with Crippen LogP contribution < -0.4 is 4.74 Å². The van der Waals surface area contributed by atoms with Crippen LogP contribution in [0.15, 0.2) is 12.1 Å². The zero-order valence-electron chi connectivity index (χ0n) is 13.2. The molecular formula is C16H24Cl2N2O2. The molecule has 22 heavy (non-hydrogen) atoms. The zero-order chi connectivity index (χ0) is 16.1. The van der Waals surface area contributed by atoms with Crippen molar-refractivity contribution in [3.05, 3.63) is 27.7 Å². The quantitative estimate of drug-likeness (QED) is 0.858. The Morgan fingerprint density at radius 3 is 2.23 bits per heavy atom. The van der Waals surface area contributed by atoms with Gasteiger partial charge in [0.2, 0.25) is 0 Å². The Kier molecular flexibility index (Phi) is 6.78. The Balaban J connectivity index is 2.12. The summed E-state index contributed by atoms with van der Waals surface area (Å²) >= 11 is 12.4. The van der Waals surface area contributed by atoms with E-state index < -0.39 is 0 Å². The van der Waals surface area contributed by atoms with Gasteiger partial charge in [0.1, 0.15) is 0 Å². The highest BCUT2D eigenvalue weighted by molar-refractivity contribution is 6.37. The standard InChI is InChI=1S/C16H24Cl2N2O2/c1-3-4-19-5-7-20(8-6-19)15(11-21)12-9-13(17)16(22-2)14(18)10-12/h9-10,15,21H,3-8,11H2,1-2H3. The maximum atomic E-state index is 9.84. The van der Waals surface area contributed by atoms with Crippen molar-refractivity contribution in [1.29, 1.82) is 0 Å². The lowest BCUT2D eigenvalue weighted by atomic mass is 10.0. The number of ether oxygens (including phenoxy) is 1. The molecule has 1 aromatic carbocycles. The van der Waals surface area contributed by atoms with Crippen molar-refractivity contribution in [2.45, 2.75) is 19.4 Å². The number of hydrogen-bond acceptors (Lipinski definition) is 4. The number of aliphatic hydroxyl groups excluding tert-OH is 1. The SMILES string of the molecule is CCCN1CCN(C(CO)c2cc(Cl)c(OC)c(Cl)c2)CC1. The van der Waals surface area contributed by atoms with E-state index in [-0.39, 0.29) is 12.6 Å². The summed E-state index contributed by atoms with van der Waals surface area (Å²) in [6, 6.07) is 3.60. The molecule has 1 N–H and O–H groups in total. The van der Waals surface area contributed by atoms with Gasteiger partial charge >= 0.3 is 0 Å². The number of hydrogen-bond donors (Lipinski definition) is 1. The van der Waals surface area contributed by atoms with Crippen LogP contribution in [0.25, 0.3) is 0 Å². The van der Waals surface area contributed by atoms with Crippen molar-refractivity contribution in [3.63, 3.8) is 0 Å². The molecule has 1 saturated heterocycles. The molecule has 124 valence electrons. The third kappa shape index (κ3) is 4.06. The van der Waals surface area contributed by atoms with Crippen molar-refractivity contribution in [2.24, 2.45) is 0 Å². The van der Waals surface area contributed by atoms with E-state index >= 15 is 0 Å². The van der Waals surface area contributed by atoms with Crippen LogP contribution in [0.4, 0.5) is 0 Å². The third-order valence-corrected chi connectivity index (χ3v) is 4.73. The summed E-state index contributed by atoms with van der Waals surface area (Å²) < 4.78 is 5.18. The Hall–Kier alpha value is -0.520. The Bertz CT molecular complexity index is 468. The maximum Gasteiger partial charge on any atom is 0.156 e. The van der Waals surface area contributed by atoms with Crippen LogP contribution in [0.1, 0.15) is 24.9 Å². The van der Waals surface area contributed by atoms with E-state index in [4.69, 9.17) is 27.9 Å². The number of nitrogens with zero attached hydrogens (tertiary/aromatic N) is 2. The third-order valence-electron chi connectivity index (χ3n) is 4.17. The van der Waals surface area contributed by atoms with Gasteiger partial charge in [-0.2, -0.15) is 0 Å². The van der Waals surface area contributed by atoms with Crippen LogP contribution in [0, 0.1) is 0 Å². The molecule has 1 aromatic rings. The summed E-state index contributed by atoms with van der Waals surface area (Å²) in [6.45, 7) is 7.32. The summed E-state index contributed by atoms with van der Waals surface area (Å²) in [5.41, 5.74) is 0.933. The van der Waals surface area contributed by atoms with Crippen molar-refractivity contribution < 1.29 is 9.84 Å². The lowest BCUT2D eigenvalue weighted by Gasteiger charge is -2.39. The van der Waals surface area contributed by atoms with Crippen molar-refractivity contribution in [2.75, 3.05) is 46.4 Å². The second-order valence-electron chi connectivity index (χ2n) is 5.59. The lowest BCUT2D eigenvalue weighted by Crippen LogP contribution is -2.48. The smallest absolute Gasteiger partial charge is 0.156 e. The highest BCUT2D eigenvalue weighted by Gasteiger charge is 2.25. The van der Waals surface area contributed by atoms with Gasteiger partial charge in [0.05, 0.1) is 29.8 Å². The molecule has 1 atom stereocenters. The minimum Gasteiger partial charge on any atom is -0.494 e. The van der Waals surface area contributed by atoms with E-state index in [1.807, 2.05) is 12.1 Å². The topological polar surface area (TPSA) is 35.9 Å². The fourth-order valence-electron chi connectivity index (χ4n) is 3.01. The minimum absolute atomic E-state index is 0.0484. The second-order valence-corrected chi connectivity index (χ2v) is 6.41. The average Bonchev–Trinajstić information content (AvgIpc) is 2.50. The normalized spacial score (nSPS) is 18.4. The molecule has 1 aliphatic rings. The molecule has 0 spiro atoms. The molecule has 1 fully saturated rings. The number of rotatable bonds is 6. The van der Waals surface area contributed by atoms with Crippen LogP contribution in [0.3, 0.4) is 0 Å². The first-order valence-corrected chi connectivity index (χ1v) is 8.46. The fourth-order valence-corrected chi connectivity index (χ4v) is 3.67. The molecule has 0 saturated carbocycles. The van der Waals surface area contributed by atoms with Gasteiger partial charge in [0, 0.05) is 26.2 Å². The van der Waals surface area contributed by atoms with E-state index in [1.54, 1.807) is 7.11 Å². The summed E-state index contributed by atoms with van der Waals surface area (Å²) in [6.07, 6.45) is 1.17. The first-order valence-electron chi connectivity index (χ1n) is 7.70. The second kappa shape index (κ2) is 8.37. The zero-order valence-corrected chi connectivity index (χ0v) is 14.7. The molecule has 1 aliphatic heterocycles. The van der Waals surface area contributed by atoms with E-state index in [9.17, 15) is 5.11 Å². The van der Waals surface area contributed by atoms with E-state index in [1.165, 1.54) is 6.42 Å². The van der Waals surface area contributed by atoms with Crippen LogP contribution >= 0.6 is 23.2 Å². The predicted octanol–water partition coefficient (Wildman–Crippen LogP) is 3.06. The van der Waals surface area contributed by atoms with Gasteiger partial charge in [0.25, 0.3) is 0 Å². The highest BCUT2D eigenvalue weighted by Crippen LogP contribution is 2.36. The largest absolute Gasteiger partial charge is 0.494 e. The first-order chi connectivity index (χ1) is 10.6. The Morgan fingerprint density at radius 1 is 1.18 bits per heavy atom. The number of piperazine rings is 1. The molecule has 0 amide bonds. The summed E-state index contributed by atoms with van der Waals surface area (Å²) in [4.78, 5) is 4.75. The molecule has 1 unspecified atom stereocenters. The van der Waals surface area contributed by atoms with E-state index in [2.05, 4.69) is 16.7 Å². The average molecular weight is 347 g/mol. The van der Waals surface area contributed by atoms with E-state index in [0.717, 1.165) is 38.3 Å². The minimum atomic E-state index is -0.0790. The van der Waals surface area contributed by atoms with E-state index in [0.29, 0.717) is 15.8 Å². The van der Waals surface area contributed by atoms with Crippen molar-refractivity contribution >= 4 is 23.2 Å². The molecule has 6 heteroatoms. The summed E-state index contributed by atoms with van der Waals surface area (Å²) in [7, 11) is 1.54. The lowest BCUT2D eigenvalue weighted by molar-refractivity contribution is 0.0651. The maximum absolute atomic E-state index is 9.84. The van der Waals surface area contributed by atoms with Gasteiger partial charge in [-0.15, -0.1) is 0 Å². The predicted molar refractivity (Wildman–Crippen MR) is 91.1 cm³/mol. The Morgan fingerprint density at radius 2 is 1.77 bits per heavy atom. The van der Waals surface area contributed by atoms with Crippen LogP contribution in [-0.2, 0) is 0 Å². The van der Waals surface area contributed by atoms with Gasteiger partial charge in [-0.25, -0.2) is 0 Å². The molecule has 0 aromatic heterocycles. The number of benzene rings is 1. The van der Waals surface area contributed by atoms with Crippen molar-refractivity contribution in [1.82, 2.24) is 9.80 Å². The number of halogens is 2. The summed E-state index contributed by atoms with van der Waals surface area (Å²) in [5, 5.41) is 10.8. The molecule has 0 aliphatic carbocycles. The van der Waals surface area contributed by atoms with Crippen LogP contribution in [0.5, 0.6) is 5.75 Å². The highest BCUT2D eigenvalue weighted by atomic mass is 35.5. The van der Waals surface area contributed by atoms with Gasteiger partial charge in [-0.1, -0.05) is 30.1 Å².